The fourth-order valence-corrected chi connectivity index (χ4v) is 2.94. The van der Waals surface area contributed by atoms with Crippen molar-refractivity contribution in [1.29, 1.82) is 0 Å². The second kappa shape index (κ2) is 5.51. The number of aromatic hydroxyl groups is 2. The van der Waals surface area contributed by atoms with Gasteiger partial charge in [0.1, 0.15) is 0 Å². The molecule has 1 aliphatic carbocycles. The van der Waals surface area contributed by atoms with Crippen LogP contribution in [0.25, 0.3) is 0 Å². The molecule has 3 atom stereocenters. The number of phenolic OH excluding ortho intramolecular Hbond substituents is 2. The zero-order chi connectivity index (χ0) is 14.0. The van der Waals surface area contributed by atoms with Gasteiger partial charge >= 0.3 is 0 Å². The minimum absolute atomic E-state index is 0.191. The first-order valence-corrected chi connectivity index (χ1v) is 6.85. The van der Waals surface area contributed by atoms with Crippen molar-refractivity contribution in [2.45, 2.75) is 39.2 Å². The highest BCUT2D eigenvalue weighted by Crippen LogP contribution is 2.34. The summed E-state index contributed by atoms with van der Waals surface area (Å²) in [5.74, 6) is 0.498. The Morgan fingerprint density at radius 3 is 2.63 bits per heavy atom. The highest BCUT2D eigenvalue weighted by molar-refractivity contribution is 5.95. The molecule has 19 heavy (non-hydrogen) atoms. The molecule has 1 aromatic carbocycles. The number of carbonyl (C=O) groups excluding carboxylic acids is 1. The minimum Gasteiger partial charge on any atom is -0.504 e. The van der Waals surface area contributed by atoms with E-state index < -0.39 is 0 Å². The van der Waals surface area contributed by atoms with Crippen molar-refractivity contribution in [3.8, 4) is 11.5 Å². The number of hydrogen-bond donors (Lipinski definition) is 3. The van der Waals surface area contributed by atoms with Gasteiger partial charge in [-0.25, -0.2) is 0 Å². The SMILES string of the molecule is CCC1CCC(NC(=O)c2ccc(O)c(O)c2)C1C. The molecule has 1 amide bonds. The van der Waals surface area contributed by atoms with Gasteiger partial charge in [0.2, 0.25) is 0 Å². The zero-order valence-corrected chi connectivity index (χ0v) is 11.4. The highest BCUT2D eigenvalue weighted by Gasteiger charge is 2.32. The van der Waals surface area contributed by atoms with Crippen LogP contribution < -0.4 is 5.32 Å². The van der Waals surface area contributed by atoms with E-state index in [2.05, 4.69) is 19.2 Å². The van der Waals surface area contributed by atoms with Crippen LogP contribution in [0.4, 0.5) is 0 Å². The van der Waals surface area contributed by atoms with Crippen molar-refractivity contribution in [1.82, 2.24) is 5.32 Å². The van der Waals surface area contributed by atoms with Crippen LogP contribution in [0.1, 0.15) is 43.5 Å². The number of hydrogen-bond acceptors (Lipinski definition) is 3. The van der Waals surface area contributed by atoms with Crippen LogP contribution in [0.15, 0.2) is 18.2 Å². The Balaban J connectivity index is 2.03. The molecule has 2 rings (SSSR count). The second-order valence-electron chi connectivity index (χ2n) is 5.39. The van der Waals surface area contributed by atoms with Crippen LogP contribution in [0, 0.1) is 11.8 Å². The summed E-state index contributed by atoms with van der Waals surface area (Å²) >= 11 is 0. The lowest BCUT2D eigenvalue weighted by molar-refractivity contribution is 0.0926. The molecule has 0 saturated heterocycles. The predicted molar refractivity (Wildman–Crippen MR) is 73.2 cm³/mol. The fraction of sp³-hybridized carbons (Fsp3) is 0.533. The first-order valence-electron chi connectivity index (χ1n) is 6.85. The Morgan fingerprint density at radius 2 is 2.05 bits per heavy atom. The summed E-state index contributed by atoms with van der Waals surface area (Å²) in [7, 11) is 0. The summed E-state index contributed by atoms with van der Waals surface area (Å²) in [6.45, 7) is 4.36. The standard InChI is InChI=1S/C15H21NO3/c1-3-10-4-6-12(9(10)2)16-15(19)11-5-7-13(17)14(18)8-11/h5,7-10,12,17-18H,3-4,6H2,1-2H3,(H,16,19). The van der Waals surface area contributed by atoms with Gasteiger partial charge in [-0.1, -0.05) is 20.3 Å². The Hall–Kier alpha value is -1.71. The van der Waals surface area contributed by atoms with Crippen LogP contribution in [-0.4, -0.2) is 22.2 Å². The quantitative estimate of drug-likeness (QED) is 0.734. The summed E-state index contributed by atoms with van der Waals surface area (Å²) in [4.78, 5) is 12.1. The summed E-state index contributed by atoms with van der Waals surface area (Å²) < 4.78 is 0. The van der Waals surface area contributed by atoms with Gasteiger partial charge in [-0.2, -0.15) is 0 Å². The Morgan fingerprint density at radius 1 is 1.32 bits per heavy atom. The molecule has 1 aliphatic rings. The number of rotatable bonds is 3. The van der Waals surface area contributed by atoms with E-state index in [-0.39, 0.29) is 23.4 Å². The topological polar surface area (TPSA) is 69.6 Å². The lowest BCUT2D eigenvalue weighted by atomic mass is 9.93. The molecule has 0 aliphatic heterocycles. The zero-order valence-electron chi connectivity index (χ0n) is 11.4. The van der Waals surface area contributed by atoms with Crippen LogP contribution in [0.3, 0.4) is 0 Å². The van der Waals surface area contributed by atoms with E-state index in [4.69, 9.17) is 0 Å². The second-order valence-corrected chi connectivity index (χ2v) is 5.39. The molecule has 104 valence electrons. The van der Waals surface area contributed by atoms with E-state index in [0.717, 1.165) is 19.3 Å². The molecule has 0 aromatic heterocycles. The van der Waals surface area contributed by atoms with Crippen LogP contribution in [-0.2, 0) is 0 Å². The van der Waals surface area contributed by atoms with Gasteiger partial charge in [-0.05, 0) is 42.9 Å². The van der Waals surface area contributed by atoms with Gasteiger partial charge in [0, 0.05) is 11.6 Å². The molecule has 0 bridgehead atoms. The number of carbonyl (C=O) groups is 1. The summed E-state index contributed by atoms with van der Waals surface area (Å²) in [6.07, 6.45) is 3.31. The van der Waals surface area contributed by atoms with E-state index in [0.29, 0.717) is 17.4 Å². The molecule has 0 radical (unpaired) electrons. The summed E-state index contributed by atoms with van der Waals surface area (Å²) in [6, 6.07) is 4.34. The van der Waals surface area contributed by atoms with Gasteiger partial charge in [-0.3, -0.25) is 4.79 Å². The smallest absolute Gasteiger partial charge is 0.251 e. The number of phenols is 2. The van der Waals surface area contributed by atoms with Crippen molar-refractivity contribution in [2.75, 3.05) is 0 Å². The van der Waals surface area contributed by atoms with E-state index in [1.165, 1.54) is 18.2 Å². The molecule has 1 aromatic rings. The molecule has 4 heteroatoms. The van der Waals surface area contributed by atoms with Crippen LogP contribution in [0.2, 0.25) is 0 Å². The molecular weight excluding hydrogens is 242 g/mol. The fourth-order valence-electron chi connectivity index (χ4n) is 2.94. The summed E-state index contributed by atoms with van der Waals surface area (Å²) in [5, 5.41) is 21.7. The van der Waals surface area contributed by atoms with Crippen molar-refractivity contribution in [3.63, 3.8) is 0 Å². The molecular formula is C15H21NO3. The lowest BCUT2D eigenvalue weighted by Gasteiger charge is -2.21. The van der Waals surface area contributed by atoms with Crippen molar-refractivity contribution >= 4 is 5.91 Å². The Kier molecular flexibility index (Phi) is 3.98. The summed E-state index contributed by atoms with van der Waals surface area (Å²) in [5.41, 5.74) is 0.377. The molecule has 3 N–H and O–H groups in total. The molecule has 1 saturated carbocycles. The third-order valence-corrected chi connectivity index (χ3v) is 4.31. The van der Waals surface area contributed by atoms with Crippen molar-refractivity contribution in [3.05, 3.63) is 23.8 Å². The average molecular weight is 263 g/mol. The average Bonchev–Trinajstić information content (AvgIpc) is 2.73. The predicted octanol–water partition coefficient (Wildman–Crippen LogP) is 2.65. The highest BCUT2D eigenvalue weighted by atomic mass is 16.3. The first kappa shape index (κ1) is 13.7. The van der Waals surface area contributed by atoms with E-state index >= 15 is 0 Å². The Bertz CT molecular complexity index is 472. The molecule has 0 heterocycles. The Labute approximate surface area is 113 Å². The normalized spacial score (nSPS) is 26.3. The third-order valence-electron chi connectivity index (χ3n) is 4.31. The maximum atomic E-state index is 12.1. The van der Waals surface area contributed by atoms with Crippen LogP contribution >= 0.6 is 0 Å². The lowest BCUT2D eigenvalue weighted by Crippen LogP contribution is -2.37. The van der Waals surface area contributed by atoms with Gasteiger partial charge < -0.3 is 15.5 Å². The maximum absolute atomic E-state index is 12.1. The van der Waals surface area contributed by atoms with E-state index in [9.17, 15) is 15.0 Å². The van der Waals surface area contributed by atoms with E-state index in [1.807, 2.05) is 0 Å². The van der Waals surface area contributed by atoms with Gasteiger partial charge in [0.05, 0.1) is 0 Å². The minimum atomic E-state index is -0.265. The first-order chi connectivity index (χ1) is 9.02. The monoisotopic (exact) mass is 263 g/mol. The maximum Gasteiger partial charge on any atom is 0.251 e. The molecule has 4 nitrogen and oxygen atoms in total. The van der Waals surface area contributed by atoms with Crippen LogP contribution in [0.5, 0.6) is 11.5 Å². The largest absolute Gasteiger partial charge is 0.504 e. The number of amides is 1. The van der Waals surface area contributed by atoms with Gasteiger partial charge in [0.25, 0.3) is 5.91 Å². The third kappa shape index (κ3) is 2.83. The number of nitrogens with one attached hydrogen (secondary N) is 1. The van der Waals surface area contributed by atoms with Crippen molar-refractivity contribution in [2.24, 2.45) is 11.8 Å². The molecule has 0 spiro atoms. The van der Waals surface area contributed by atoms with Gasteiger partial charge in [-0.15, -0.1) is 0 Å². The van der Waals surface area contributed by atoms with Gasteiger partial charge in [0.15, 0.2) is 11.5 Å². The molecule has 3 unspecified atom stereocenters. The number of benzene rings is 1. The van der Waals surface area contributed by atoms with E-state index in [1.54, 1.807) is 0 Å². The molecule has 1 fully saturated rings. The van der Waals surface area contributed by atoms with Crippen molar-refractivity contribution < 1.29 is 15.0 Å².